The van der Waals surface area contributed by atoms with E-state index in [1.807, 2.05) is 0 Å². The van der Waals surface area contributed by atoms with E-state index in [1.54, 1.807) is 25.2 Å². The highest BCUT2D eigenvalue weighted by molar-refractivity contribution is 6.36. The molecule has 0 fully saturated rings. The molecule has 0 amide bonds. The maximum atomic E-state index is 13.2. The Morgan fingerprint density at radius 1 is 1.05 bits per heavy atom. The first-order valence-electron chi connectivity index (χ1n) is 6.07. The highest BCUT2D eigenvalue weighted by Gasteiger charge is 2.17. The molecule has 5 heteroatoms. The van der Waals surface area contributed by atoms with E-state index in [0.29, 0.717) is 22.0 Å². The Balaban J connectivity index is 2.34. The van der Waals surface area contributed by atoms with Gasteiger partial charge in [0.25, 0.3) is 0 Å². The van der Waals surface area contributed by atoms with Gasteiger partial charge in [-0.05, 0) is 43.3 Å². The normalized spacial score (nSPS) is 12.4. The summed E-state index contributed by atoms with van der Waals surface area (Å²) < 4.78 is 26.5. The van der Waals surface area contributed by atoms with Gasteiger partial charge >= 0.3 is 0 Å². The zero-order valence-corrected chi connectivity index (χ0v) is 12.3. The predicted octanol–water partition coefficient (Wildman–Crippen LogP) is 4.77. The van der Waals surface area contributed by atoms with Gasteiger partial charge in [0.15, 0.2) is 0 Å². The zero-order chi connectivity index (χ0) is 14.7. The molecule has 0 aromatic heterocycles. The molecule has 0 aliphatic carbocycles. The largest absolute Gasteiger partial charge is 0.313 e. The number of benzene rings is 2. The Kier molecular flexibility index (Phi) is 4.97. The number of hydrogen-bond acceptors (Lipinski definition) is 1. The van der Waals surface area contributed by atoms with Crippen LogP contribution in [0.5, 0.6) is 0 Å². The molecule has 2 aromatic rings. The number of likely N-dealkylation sites (N-methyl/N-ethyl adjacent to an activating group) is 1. The van der Waals surface area contributed by atoms with Crippen LogP contribution in [-0.2, 0) is 6.42 Å². The average molecular weight is 316 g/mol. The molecular formula is C15H13Cl2F2N. The second kappa shape index (κ2) is 6.53. The summed E-state index contributed by atoms with van der Waals surface area (Å²) in [5.41, 5.74) is 1.26. The van der Waals surface area contributed by atoms with E-state index in [-0.39, 0.29) is 6.04 Å². The second-order valence-corrected chi connectivity index (χ2v) is 5.27. The maximum Gasteiger partial charge on any atom is 0.126 e. The molecule has 0 bridgehead atoms. The van der Waals surface area contributed by atoms with Gasteiger partial charge in [-0.1, -0.05) is 29.3 Å². The van der Waals surface area contributed by atoms with Gasteiger partial charge in [-0.2, -0.15) is 0 Å². The fraction of sp³-hybridized carbons (Fsp3) is 0.200. The van der Waals surface area contributed by atoms with Crippen LogP contribution in [0, 0.1) is 11.6 Å². The molecule has 20 heavy (non-hydrogen) atoms. The molecule has 106 valence electrons. The van der Waals surface area contributed by atoms with Crippen molar-refractivity contribution in [2.45, 2.75) is 12.5 Å². The summed E-state index contributed by atoms with van der Waals surface area (Å²) >= 11 is 12.3. The van der Waals surface area contributed by atoms with E-state index in [0.717, 1.165) is 11.6 Å². The van der Waals surface area contributed by atoms with Gasteiger partial charge in [-0.15, -0.1) is 0 Å². The second-order valence-electron chi connectivity index (χ2n) is 4.46. The molecule has 0 saturated carbocycles. The first-order valence-corrected chi connectivity index (χ1v) is 6.83. The number of nitrogens with one attached hydrogen (secondary N) is 1. The van der Waals surface area contributed by atoms with Crippen LogP contribution in [-0.4, -0.2) is 7.05 Å². The average Bonchev–Trinajstić information content (AvgIpc) is 2.36. The van der Waals surface area contributed by atoms with E-state index in [1.165, 1.54) is 12.1 Å². The number of hydrogen-bond donors (Lipinski definition) is 1. The smallest absolute Gasteiger partial charge is 0.126 e. The summed E-state index contributed by atoms with van der Waals surface area (Å²) in [6.07, 6.45) is 0.384. The molecule has 0 radical (unpaired) electrons. The van der Waals surface area contributed by atoms with Crippen LogP contribution in [0.1, 0.15) is 17.2 Å². The van der Waals surface area contributed by atoms with E-state index >= 15 is 0 Å². The molecule has 1 nitrogen and oxygen atoms in total. The standard InChI is InChI=1S/C15H13Cl2F2N/c1-20-14(15-12(16)3-2-4-13(15)17)7-9-5-10(18)8-11(19)6-9/h2-6,8,14,20H,7H2,1H3. The van der Waals surface area contributed by atoms with E-state index < -0.39 is 11.6 Å². The van der Waals surface area contributed by atoms with E-state index in [2.05, 4.69) is 5.32 Å². The van der Waals surface area contributed by atoms with Crippen molar-refractivity contribution in [3.8, 4) is 0 Å². The summed E-state index contributed by atoms with van der Waals surface area (Å²) in [6, 6.07) is 8.45. The first-order chi connectivity index (χ1) is 9.51. The van der Waals surface area contributed by atoms with Gasteiger partial charge < -0.3 is 5.32 Å². The molecule has 1 unspecified atom stereocenters. The molecular weight excluding hydrogens is 303 g/mol. The molecule has 2 rings (SSSR count). The van der Waals surface area contributed by atoms with Crippen LogP contribution < -0.4 is 5.32 Å². The monoisotopic (exact) mass is 315 g/mol. The van der Waals surface area contributed by atoms with Crippen molar-refractivity contribution in [3.05, 3.63) is 69.2 Å². The van der Waals surface area contributed by atoms with Crippen LogP contribution in [0.25, 0.3) is 0 Å². The van der Waals surface area contributed by atoms with Crippen molar-refractivity contribution in [2.75, 3.05) is 7.05 Å². The molecule has 1 atom stereocenters. The third-order valence-corrected chi connectivity index (χ3v) is 3.72. The van der Waals surface area contributed by atoms with Crippen LogP contribution in [0.15, 0.2) is 36.4 Å². The third-order valence-electron chi connectivity index (χ3n) is 3.06. The molecule has 0 heterocycles. The van der Waals surface area contributed by atoms with Crippen molar-refractivity contribution in [1.82, 2.24) is 5.32 Å². The van der Waals surface area contributed by atoms with Gasteiger partial charge in [0.1, 0.15) is 11.6 Å². The first kappa shape index (κ1) is 15.2. The Bertz CT molecular complexity index is 576. The van der Waals surface area contributed by atoms with Crippen molar-refractivity contribution in [1.29, 1.82) is 0 Å². The minimum atomic E-state index is -0.597. The minimum absolute atomic E-state index is 0.225. The SMILES string of the molecule is CNC(Cc1cc(F)cc(F)c1)c1c(Cl)cccc1Cl. The van der Waals surface area contributed by atoms with Gasteiger partial charge in [-0.25, -0.2) is 8.78 Å². The van der Waals surface area contributed by atoms with Gasteiger partial charge in [0.2, 0.25) is 0 Å². The summed E-state index contributed by atoms with van der Waals surface area (Å²) in [5, 5.41) is 4.12. The lowest BCUT2D eigenvalue weighted by atomic mass is 9.98. The fourth-order valence-corrected chi connectivity index (χ4v) is 2.82. The molecule has 0 aliphatic rings. The lowest BCUT2D eigenvalue weighted by molar-refractivity contribution is 0.562. The van der Waals surface area contributed by atoms with Crippen LogP contribution in [0.4, 0.5) is 8.78 Å². The van der Waals surface area contributed by atoms with Gasteiger partial charge in [0.05, 0.1) is 0 Å². The van der Waals surface area contributed by atoms with Crippen LogP contribution in [0.3, 0.4) is 0 Å². The molecule has 0 aliphatic heterocycles. The minimum Gasteiger partial charge on any atom is -0.313 e. The Hall–Kier alpha value is -1.16. The summed E-state index contributed by atoms with van der Waals surface area (Å²) in [4.78, 5) is 0. The summed E-state index contributed by atoms with van der Waals surface area (Å²) in [6.45, 7) is 0. The lowest BCUT2D eigenvalue weighted by Crippen LogP contribution is -2.20. The highest BCUT2D eigenvalue weighted by Crippen LogP contribution is 2.32. The maximum absolute atomic E-state index is 13.2. The fourth-order valence-electron chi connectivity index (χ4n) is 2.16. The van der Waals surface area contributed by atoms with Crippen molar-refractivity contribution >= 4 is 23.2 Å². The quantitative estimate of drug-likeness (QED) is 0.856. The van der Waals surface area contributed by atoms with Crippen molar-refractivity contribution < 1.29 is 8.78 Å². The molecule has 2 aromatic carbocycles. The predicted molar refractivity (Wildman–Crippen MR) is 78.3 cm³/mol. The van der Waals surface area contributed by atoms with Crippen LogP contribution in [0.2, 0.25) is 10.0 Å². The van der Waals surface area contributed by atoms with Gasteiger partial charge in [-0.3, -0.25) is 0 Å². The highest BCUT2D eigenvalue weighted by atomic mass is 35.5. The number of halogens is 4. The van der Waals surface area contributed by atoms with Gasteiger partial charge in [0, 0.05) is 27.7 Å². The Morgan fingerprint density at radius 3 is 2.10 bits per heavy atom. The summed E-state index contributed by atoms with van der Waals surface area (Å²) in [7, 11) is 1.75. The van der Waals surface area contributed by atoms with E-state index in [9.17, 15) is 8.78 Å². The van der Waals surface area contributed by atoms with E-state index in [4.69, 9.17) is 23.2 Å². The van der Waals surface area contributed by atoms with Crippen molar-refractivity contribution in [3.63, 3.8) is 0 Å². The molecule has 1 N–H and O–H groups in total. The Labute approximate surface area is 126 Å². The topological polar surface area (TPSA) is 12.0 Å². The third kappa shape index (κ3) is 3.48. The summed E-state index contributed by atoms with van der Waals surface area (Å²) in [5.74, 6) is -1.19. The number of rotatable bonds is 4. The molecule has 0 saturated heterocycles. The zero-order valence-electron chi connectivity index (χ0n) is 10.8. The molecule has 0 spiro atoms. The van der Waals surface area contributed by atoms with Crippen molar-refractivity contribution in [2.24, 2.45) is 0 Å². The Morgan fingerprint density at radius 2 is 1.60 bits per heavy atom. The van der Waals surface area contributed by atoms with Crippen LogP contribution >= 0.6 is 23.2 Å². The lowest BCUT2D eigenvalue weighted by Gasteiger charge is -2.19.